The van der Waals surface area contributed by atoms with Crippen molar-refractivity contribution in [1.29, 1.82) is 0 Å². The van der Waals surface area contributed by atoms with Gasteiger partial charge in [-0.15, -0.1) is 10.2 Å². The fraction of sp³-hybridized carbons (Fsp3) is 0.0606. The van der Waals surface area contributed by atoms with Gasteiger partial charge in [-0.1, -0.05) is 6.07 Å². The van der Waals surface area contributed by atoms with E-state index < -0.39 is 85.3 Å². The quantitative estimate of drug-likeness (QED) is 0.0602. The van der Waals surface area contributed by atoms with E-state index in [1.54, 1.807) is 6.92 Å². The van der Waals surface area contributed by atoms with Gasteiger partial charge in [0.25, 0.3) is 46.4 Å². The summed E-state index contributed by atoms with van der Waals surface area (Å²) in [5.41, 5.74) is 26.9. The smallest absolute Gasteiger partial charge is 0.354 e. The summed E-state index contributed by atoms with van der Waals surface area (Å²) in [7, 11) is -18.2. The van der Waals surface area contributed by atoms with Crippen LogP contribution in [0.2, 0.25) is 0 Å². The number of anilines is 5. The minimum atomic E-state index is -4.85. The molecule has 0 spiro atoms. The number of rotatable bonds is 8. The predicted octanol–water partition coefficient (Wildman–Crippen LogP) is 2.07. The van der Waals surface area contributed by atoms with Crippen LogP contribution in [0.3, 0.4) is 0 Å². The summed E-state index contributed by atoms with van der Waals surface area (Å²) in [6, 6.07) is 14.3. The van der Waals surface area contributed by atoms with E-state index in [0.717, 1.165) is 41.4 Å². The Labute approximate surface area is 350 Å². The summed E-state index contributed by atoms with van der Waals surface area (Å²) in [5, 5.41) is 31.6. The minimum Gasteiger partial charge on any atom is -0.505 e. The second-order valence-corrected chi connectivity index (χ2v) is 18.1. The summed E-state index contributed by atoms with van der Waals surface area (Å²) in [4.78, 5) is 20.4. The second kappa shape index (κ2) is 17.6. The van der Waals surface area contributed by atoms with E-state index in [9.17, 15) is 57.5 Å². The van der Waals surface area contributed by atoms with Gasteiger partial charge < -0.3 is 38.9 Å². The molecule has 0 radical (unpaired) electrons. The standard InChI is InChI=1S/C17H16N4O7S2.C10H9N3O6S.C6H8N2O3S/c1-8-11(19)4-2-9-6-14(30(26,27)28)16(17(22)15(8)9)21-20-12-5-3-10(18)7-13(12)29(23,24)25;11-7-8(10(15)16)12-13(9(7)14)5-1-3-6(4-2-5)20(17,18)19;7-4-1-2-5(8)6(3-4)12(9,10)11/h2-7,22H,18-19H2,1H3,(H,23,24,25)(H,26,27,28);1-4,7H,11H2,(H,15,16)(H,17,18,19);1-3H,7-8H2,(H,9,10,11). The van der Waals surface area contributed by atoms with Crippen LogP contribution < -0.4 is 33.7 Å². The molecule has 1 aliphatic heterocycles. The topological polar surface area (TPSA) is 462 Å². The molecule has 1 atom stereocenters. The first-order valence-electron chi connectivity index (χ1n) is 16.4. The van der Waals surface area contributed by atoms with Crippen molar-refractivity contribution in [1.82, 2.24) is 0 Å². The van der Waals surface area contributed by atoms with E-state index in [-0.39, 0.29) is 49.0 Å². The number of carbonyl (C=O) groups is 2. The number of azo groups is 1. The number of fused-ring (bicyclic) bond motifs is 1. The van der Waals surface area contributed by atoms with E-state index in [4.69, 9.17) is 42.9 Å². The zero-order valence-electron chi connectivity index (χ0n) is 31.2. The maximum atomic E-state index is 11.8. The number of aromatic hydroxyl groups is 1. The summed E-state index contributed by atoms with van der Waals surface area (Å²) in [5.74, 6) is -2.80. The number of carboxylic acids is 1. The third-order valence-electron chi connectivity index (χ3n) is 8.21. The average Bonchev–Trinajstić information content (AvgIpc) is 3.46. The van der Waals surface area contributed by atoms with Crippen molar-refractivity contribution in [2.24, 2.45) is 21.1 Å². The molecule has 0 bridgehead atoms. The molecule has 62 heavy (non-hydrogen) atoms. The van der Waals surface area contributed by atoms with E-state index in [1.165, 1.54) is 42.5 Å². The van der Waals surface area contributed by atoms with Gasteiger partial charge in [0.15, 0.2) is 11.5 Å². The zero-order valence-corrected chi connectivity index (χ0v) is 34.4. The molecule has 29 heteroatoms. The maximum Gasteiger partial charge on any atom is 0.354 e. The third-order valence-corrected chi connectivity index (χ3v) is 11.7. The Bertz CT molecular complexity index is 3160. The number of hydrazone groups is 1. The molecule has 330 valence electrons. The minimum absolute atomic E-state index is 0.0138. The van der Waals surface area contributed by atoms with E-state index >= 15 is 0 Å². The van der Waals surface area contributed by atoms with Crippen molar-refractivity contribution in [2.45, 2.75) is 32.5 Å². The fourth-order valence-corrected chi connectivity index (χ4v) is 7.65. The first-order valence-corrected chi connectivity index (χ1v) is 22.1. The molecule has 1 unspecified atom stereocenters. The summed E-state index contributed by atoms with van der Waals surface area (Å²) in [6.07, 6.45) is 0. The van der Waals surface area contributed by atoms with Gasteiger partial charge in [-0.05, 0) is 90.7 Å². The Morgan fingerprint density at radius 2 is 1.19 bits per heavy atom. The molecule has 0 aromatic heterocycles. The van der Waals surface area contributed by atoms with Crippen molar-refractivity contribution in [2.75, 3.05) is 27.9 Å². The number of phenols is 1. The Morgan fingerprint density at radius 1 is 0.677 bits per heavy atom. The predicted molar refractivity (Wildman–Crippen MR) is 221 cm³/mol. The second-order valence-electron chi connectivity index (χ2n) is 12.5. The molecule has 1 aliphatic rings. The molecule has 5 aromatic carbocycles. The number of phenolic OH excluding ortho intramolecular Hbond substituents is 1. The molecule has 0 fully saturated rings. The number of benzene rings is 5. The number of carbonyl (C=O) groups excluding carboxylic acids is 1. The first kappa shape index (κ1) is 47.8. The number of hydrogen-bond acceptors (Lipinski definition) is 19. The van der Waals surface area contributed by atoms with Gasteiger partial charge >= 0.3 is 5.97 Å². The SMILES string of the molecule is Cc1c(N)ccc2cc(S(=O)(=O)O)c(N=Nc3ccc(N)cc3S(=O)(=O)O)c(O)c12.NC1C(=O)N(c2ccc(S(=O)(=O)O)cc2)N=C1C(=O)O.Nc1ccc(N)c(S(=O)(=O)O)c1. The number of amides is 1. The van der Waals surface area contributed by atoms with E-state index in [1.807, 2.05) is 0 Å². The Morgan fingerprint density at radius 3 is 1.68 bits per heavy atom. The van der Waals surface area contributed by atoms with Gasteiger partial charge in [-0.3, -0.25) is 23.0 Å². The van der Waals surface area contributed by atoms with Crippen molar-refractivity contribution < 1.29 is 71.7 Å². The molecule has 1 heterocycles. The third kappa shape index (κ3) is 10.9. The lowest BCUT2D eigenvalue weighted by atomic mass is 10.0. The molecule has 1 amide bonds. The van der Waals surface area contributed by atoms with Crippen LogP contribution in [0.1, 0.15) is 5.56 Å². The highest BCUT2D eigenvalue weighted by Crippen LogP contribution is 2.44. The van der Waals surface area contributed by atoms with E-state index in [2.05, 4.69) is 15.3 Å². The highest BCUT2D eigenvalue weighted by molar-refractivity contribution is 7.86. The van der Waals surface area contributed by atoms with Crippen molar-refractivity contribution in [3.05, 3.63) is 84.4 Å². The van der Waals surface area contributed by atoms with Crippen molar-refractivity contribution in [3.63, 3.8) is 0 Å². The molecule has 0 saturated carbocycles. The van der Waals surface area contributed by atoms with Crippen molar-refractivity contribution >= 4 is 109 Å². The Balaban J connectivity index is 0.000000226. The molecule has 0 aliphatic carbocycles. The van der Waals surface area contributed by atoms with Crippen LogP contribution in [0, 0.1) is 6.92 Å². The lowest BCUT2D eigenvalue weighted by Gasteiger charge is -2.12. The average molecular weight is 940 g/mol. The number of aliphatic carboxylic acids is 1. The molecule has 0 saturated heterocycles. The zero-order chi connectivity index (χ0) is 46.9. The van der Waals surface area contributed by atoms with Crippen LogP contribution >= 0.6 is 0 Å². The van der Waals surface area contributed by atoms with E-state index in [0.29, 0.717) is 11.3 Å². The van der Waals surface area contributed by atoms with Crippen LogP contribution in [0.15, 0.2) is 114 Å². The van der Waals surface area contributed by atoms with Gasteiger partial charge in [0.1, 0.15) is 32.1 Å². The maximum absolute atomic E-state index is 11.8. The summed E-state index contributed by atoms with van der Waals surface area (Å²) < 4.78 is 126. The molecule has 16 N–H and O–H groups in total. The number of hydrogen-bond donors (Lipinski definition) is 11. The molecule has 5 aromatic rings. The summed E-state index contributed by atoms with van der Waals surface area (Å²) >= 11 is 0. The number of nitrogen functional groups attached to an aromatic ring is 4. The first-order chi connectivity index (χ1) is 28.4. The molecular weight excluding hydrogens is 907 g/mol. The Kier molecular flexibility index (Phi) is 13.6. The lowest BCUT2D eigenvalue weighted by Crippen LogP contribution is -2.41. The number of carboxylic acid groups (broad SMARTS) is 1. The van der Waals surface area contributed by atoms with Crippen LogP contribution in [0.4, 0.5) is 39.8 Å². The van der Waals surface area contributed by atoms with Crippen LogP contribution in [-0.2, 0) is 50.1 Å². The summed E-state index contributed by atoms with van der Waals surface area (Å²) in [6.45, 7) is 1.59. The number of nitrogens with zero attached hydrogens (tertiary/aromatic N) is 4. The van der Waals surface area contributed by atoms with Gasteiger partial charge in [0.05, 0.1) is 16.3 Å². The van der Waals surface area contributed by atoms with Crippen LogP contribution in [-0.4, -0.2) is 85.7 Å². The van der Waals surface area contributed by atoms with Gasteiger partial charge in [0.2, 0.25) is 0 Å². The molecule has 6 rings (SSSR count). The Hall–Kier alpha value is -6.83. The van der Waals surface area contributed by atoms with Crippen LogP contribution in [0.5, 0.6) is 5.75 Å². The van der Waals surface area contributed by atoms with Gasteiger partial charge in [-0.25, -0.2) is 4.79 Å². The largest absolute Gasteiger partial charge is 0.505 e. The highest BCUT2D eigenvalue weighted by atomic mass is 32.2. The molecule has 25 nitrogen and oxygen atoms in total. The monoisotopic (exact) mass is 939 g/mol. The fourth-order valence-electron chi connectivity index (χ4n) is 5.21. The van der Waals surface area contributed by atoms with Crippen LogP contribution in [0.25, 0.3) is 10.8 Å². The normalized spacial score (nSPS) is 14.5. The number of aryl methyl sites for hydroxylation is 1. The number of nitrogens with two attached hydrogens (primary N) is 5. The highest BCUT2D eigenvalue weighted by Gasteiger charge is 2.38. The van der Waals surface area contributed by atoms with Gasteiger partial charge in [-0.2, -0.15) is 43.8 Å². The van der Waals surface area contributed by atoms with Crippen molar-refractivity contribution in [3.8, 4) is 5.75 Å². The van der Waals surface area contributed by atoms with Gasteiger partial charge in [0, 0.05) is 22.4 Å². The lowest BCUT2D eigenvalue weighted by molar-refractivity contribution is -0.130. The molecular formula is C33H33N9O16S4.